The molecule has 1 aromatic heterocycles. The van der Waals surface area contributed by atoms with Gasteiger partial charge >= 0.3 is 5.97 Å². The molecule has 2 aromatic rings. The lowest BCUT2D eigenvalue weighted by Gasteiger charge is -2.13. The molecular formula is C15H16BrNO3. The van der Waals surface area contributed by atoms with Gasteiger partial charge in [0.1, 0.15) is 0 Å². The second kappa shape index (κ2) is 6.13. The fourth-order valence-electron chi connectivity index (χ4n) is 2.12. The molecule has 106 valence electrons. The summed E-state index contributed by atoms with van der Waals surface area (Å²) in [6, 6.07) is 5.86. The van der Waals surface area contributed by atoms with Crippen molar-refractivity contribution in [1.29, 1.82) is 0 Å². The largest absolute Gasteiger partial charge is 0.463 e. The number of benzene rings is 1. The van der Waals surface area contributed by atoms with E-state index in [2.05, 4.69) is 26.0 Å². The third kappa shape index (κ3) is 3.04. The number of aryl methyl sites for hydroxylation is 2. The maximum atomic E-state index is 11.5. The summed E-state index contributed by atoms with van der Waals surface area (Å²) >= 11 is 3.47. The molecule has 0 bridgehead atoms. The lowest BCUT2D eigenvalue weighted by Crippen LogP contribution is -2.08. The van der Waals surface area contributed by atoms with Gasteiger partial charge in [0, 0.05) is 22.3 Å². The molecule has 0 aliphatic heterocycles. The molecule has 20 heavy (non-hydrogen) atoms. The Morgan fingerprint density at radius 2 is 2.00 bits per heavy atom. The SMILES string of the molecule is COC(=O)c1occc1CNc1c(C)cc(Br)cc1C. The van der Waals surface area contributed by atoms with Crippen molar-refractivity contribution in [3.63, 3.8) is 0 Å². The first-order valence-electron chi connectivity index (χ1n) is 6.18. The van der Waals surface area contributed by atoms with Crippen molar-refractivity contribution in [1.82, 2.24) is 0 Å². The molecule has 0 saturated heterocycles. The van der Waals surface area contributed by atoms with E-state index in [1.54, 1.807) is 6.07 Å². The molecule has 1 heterocycles. The second-order valence-electron chi connectivity index (χ2n) is 4.53. The van der Waals surface area contributed by atoms with Crippen LogP contribution in [-0.2, 0) is 11.3 Å². The number of ether oxygens (including phenoxy) is 1. The summed E-state index contributed by atoms with van der Waals surface area (Å²) in [5.74, 6) is -0.219. The molecule has 0 aliphatic carbocycles. The highest BCUT2D eigenvalue weighted by atomic mass is 79.9. The molecule has 2 rings (SSSR count). The summed E-state index contributed by atoms with van der Waals surface area (Å²) in [5, 5.41) is 3.34. The number of furan rings is 1. The number of nitrogens with one attached hydrogen (secondary N) is 1. The molecular weight excluding hydrogens is 322 g/mol. The Morgan fingerprint density at radius 1 is 1.35 bits per heavy atom. The Balaban J connectivity index is 2.18. The predicted octanol–water partition coefficient (Wildman–Crippen LogP) is 4.06. The number of carbonyl (C=O) groups excluding carboxylic acids is 1. The van der Waals surface area contributed by atoms with Crippen molar-refractivity contribution in [3.05, 3.63) is 51.4 Å². The molecule has 1 N–H and O–H groups in total. The Labute approximate surface area is 126 Å². The van der Waals surface area contributed by atoms with Gasteiger partial charge in [0.25, 0.3) is 0 Å². The van der Waals surface area contributed by atoms with Crippen LogP contribution in [0.4, 0.5) is 5.69 Å². The molecule has 0 radical (unpaired) electrons. The van der Waals surface area contributed by atoms with E-state index in [0.717, 1.165) is 26.9 Å². The summed E-state index contributed by atoms with van der Waals surface area (Å²) in [6.07, 6.45) is 1.49. The number of methoxy groups -OCH3 is 1. The normalized spacial score (nSPS) is 10.4. The molecule has 0 saturated carbocycles. The van der Waals surface area contributed by atoms with Crippen molar-refractivity contribution in [3.8, 4) is 0 Å². The monoisotopic (exact) mass is 337 g/mol. The summed E-state index contributed by atoms with van der Waals surface area (Å²) in [4.78, 5) is 11.5. The second-order valence-corrected chi connectivity index (χ2v) is 5.45. The number of halogens is 1. The number of carbonyl (C=O) groups is 1. The zero-order valence-electron chi connectivity index (χ0n) is 11.6. The number of esters is 1. The first-order chi connectivity index (χ1) is 9.52. The number of anilines is 1. The average molecular weight is 338 g/mol. The zero-order chi connectivity index (χ0) is 14.7. The van der Waals surface area contributed by atoms with Gasteiger partial charge in [-0.3, -0.25) is 0 Å². The van der Waals surface area contributed by atoms with Gasteiger partial charge in [0.15, 0.2) is 0 Å². The van der Waals surface area contributed by atoms with Gasteiger partial charge in [-0.15, -0.1) is 0 Å². The van der Waals surface area contributed by atoms with Gasteiger partial charge in [0.05, 0.1) is 13.4 Å². The summed E-state index contributed by atoms with van der Waals surface area (Å²) in [7, 11) is 1.34. The van der Waals surface area contributed by atoms with E-state index in [1.807, 2.05) is 26.0 Å². The first-order valence-corrected chi connectivity index (χ1v) is 6.97. The van der Waals surface area contributed by atoms with Crippen LogP contribution in [0.1, 0.15) is 27.2 Å². The van der Waals surface area contributed by atoms with Crippen LogP contribution in [0.2, 0.25) is 0 Å². The molecule has 5 heteroatoms. The van der Waals surface area contributed by atoms with Crippen molar-refractivity contribution >= 4 is 27.6 Å². The van der Waals surface area contributed by atoms with E-state index in [-0.39, 0.29) is 5.76 Å². The minimum absolute atomic E-state index is 0.243. The minimum Gasteiger partial charge on any atom is -0.463 e. The van der Waals surface area contributed by atoms with Crippen LogP contribution in [0.25, 0.3) is 0 Å². The molecule has 0 fully saturated rings. The van der Waals surface area contributed by atoms with E-state index in [1.165, 1.54) is 13.4 Å². The molecule has 0 atom stereocenters. The average Bonchev–Trinajstić information content (AvgIpc) is 2.85. The minimum atomic E-state index is -0.462. The van der Waals surface area contributed by atoms with Crippen LogP contribution >= 0.6 is 15.9 Å². The summed E-state index contributed by atoms with van der Waals surface area (Å²) in [6.45, 7) is 4.58. The van der Waals surface area contributed by atoms with Gasteiger partial charge in [-0.25, -0.2) is 4.79 Å². The van der Waals surface area contributed by atoms with E-state index in [9.17, 15) is 4.79 Å². The number of hydrogen-bond acceptors (Lipinski definition) is 4. The standard InChI is InChI=1S/C15H16BrNO3/c1-9-6-12(16)7-10(2)13(9)17-8-11-4-5-20-14(11)15(18)19-3/h4-7,17H,8H2,1-3H3. The van der Waals surface area contributed by atoms with Gasteiger partial charge < -0.3 is 14.5 Å². The summed E-state index contributed by atoms with van der Waals surface area (Å²) < 4.78 is 10.9. The highest BCUT2D eigenvalue weighted by Crippen LogP contribution is 2.26. The fraction of sp³-hybridized carbons (Fsp3) is 0.267. The topological polar surface area (TPSA) is 51.5 Å². The quantitative estimate of drug-likeness (QED) is 0.855. The maximum absolute atomic E-state index is 11.5. The van der Waals surface area contributed by atoms with Crippen LogP contribution in [0.15, 0.2) is 33.4 Å². The van der Waals surface area contributed by atoms with Crippen molar-refractivity contribution in [2.24, 2.45) is 0 Å². The van der Waals surface area contributed by atoms with E-state index < -0.39 is 5.97 Å². The molecule has 4 nitrogen and oxygen atoms in total. The maximum Gasteiger partial charge on any atom is 0.374 e. The Kier molecular flexibility index (Phi) is 4.49. The lowest BCUT2D eigenvalue weighted by molar-refractivity contribution is 0.0563. The van der Waals surface area contributed by atoms with Crippen LogP contribution in [-0.4, -0.2) is 13.1 Å². The Hall–Kier alpha value is -1.75. The third-order valence-electron chi connectivity index (χ3n) is 3.07. The third-order valence-corrected chi connectivity index (χ3v) is 3.53. The number of hydrogen-bond donors (Lipinski definition) is 1. The van der Waals surface area contributed by atoms with Crippen molar-refractivity contribution in [2.75, 3.05) is 12.4 Å². The van der Waals surface area contributed by atoms with Gasteiger partial charge in [-0.1, -0.05) is 15.9 Å². The summed E-state index contributed by atoms with van der Waals surface area (Å²) in [5.41, 5.74) is 4.11. The Bertz CT molecular complexity index is 611. The van der Waals surface area contributed by atoms with E-state index in [4.69, 9.17) is 4.42 Å². The van der Waals surface area contributed by atoms with Crippen LogP contribution in [0.5, 0.6) is 0 Å². The predicted molar refractivity (Wildman–Crippen MR) is 81.0 cm³/mol. The molecule has 0 amide bonds. The van der Waals surface area contributed by atoms with Crippen LogP contribution in [0, 0.1) is 13.8 Å². The van der Waals surface area contributed by atoms with E-state index >= 15 is 0 Å². The van der Waals surface area contributed by atoms with Gasteiger partial charge in [-0.2, -0.15) is 0 Å². The van der Waals surface area contributed by atoms with Crippen LogP contribution < -0.4 is 5.32 Å². The molecule has 0 aliphatic rings. The lowest BCUT2D eigenvalue weighted by atomic mass is 10.1. The van der Waals surface area contributed by atoms with Gasteiger partial charge in [0.2, 0.25) is 5.76 Å². The highest BCUT2D eigenvalue weighted by Gasteiger charge is 2.16. The van der Waals surface area contributed by atoms with E-state index in [0.29, 0.717) is 6.54 Å². The fourth-order valence-corrected chi connectivity index (χ4v) is 2.81. The zero-order valence-corrected chi connectivity index (χ0v) is 13.2. The smallest absolute Gasteiger partial charge is 0.374 e. The van der Waals surface area contributed by atoms with Crippen LogP contribution in [0.3, 0.4) is 0 Å². The Morgan fingerprint density at radius 3 is 2.60 bits per heavy atom. The van der Waals surface area contributed by atoms with Crippen molar-refractivity contribution in [2.45, 2.75) is 20.4 Å². The van der Waals surface area contributed by atoms with Gasteiger partial charge in [-0.05, 0) is 43.2 Å². The highest BCUT2D eigenvalue weighted by molar-refractivity contribution is 9.10. The van der Waals surface area contributed by atoms with Crippen molar-refractivity contribution < 1.29 is 13.9 Å². The molecule has 0 spiro atoms. The first kappa shape index (κ1) is 14.7. The molecule has 1 aromatic carbocycles. The number of rotatable bonds is 4. The molecule has 0 unspecified atom stereocenters.